The van der Waals surface area contributed by atoms with E-state index in [1.165, 1.54) is 17.6 Å². The third-order valence-corrected chi connectivity index (χ3v) is 15.2. The number of hydrogen-bond acceptors (Lipinski definition) is 1. The minimum absolute atomic E-state index is 0.967. The van der Waals surface area contributed by atoms with E-state index in [1.807, 2.05) is 0 Å². The Kier molecular flexibility index (Phi) is 5.13. The van der Waals surface area contributed by atoms with Gasteiger partial charge in [0.05, 0.1) is 0 Å². The van der Waals surface area contributed by atoms with Crippen molar-refractivity contribution in [1.29, 1.82) is 0 Å². The Morgan fingerprint density at radius 1 is 0.481 bits per heavy atom. The van der Waals surface area contributed by atoms with Crippen LogP contribution in [0.3, 0.4) is 0 Å². The molecular weight excluding hydrogens is 389 g/mol. The number of methoxy groups -OCH3 is 1. The number of para-hydroxylation sites is 1. The summed E-state index contributed by atoms with van der Waals surface area (Å²) in [4.78, 5) is 0. The van der Waals surface area contributed by atoms with E-state index in [2.05, 4.69) is 115 Å². The molecule has 0 radical (unpaired) electrons. The fourth-order valence-corrected chi connectivity index (χ4v) is 14.3. The zero-order valence-electron chi connectivity index (χ0n) is 15.4. The van der Waals surface area contributed by atoms with Gasteiger partial charge in [0.25, 0.3) is 0 Å². The maximum atomic E-state index is 5.86. The summed E-state index contributed by atoms with van der Waals surface area (Å²) in [5.74, 6) is 0.967. The van der Waals surface area contributed by atoms with E-state index in [4.69, 9.17) is 4.74 Å². The van der Waals surface area contributed by atoms with Crippen molar-refractivity contribution in [2.75, 3.05) is 7.11 Å². The van der Waals surface area contributed by atoms with E-state index in [9.17, 15) is 0 Å². The second-order valence-electron chi connectivity index (χ2n) is 6.55. The van der Waals surface area contributed by atoms with Crippen LogP contribution in [0.25, 0.3) is 0 Å². The molecule has 1 nitrogen and oxygen atoms in total. The van der Waals surface area contributed by atoms with Gasteiger partial charge in [-0.25, -0.2) is 0 Å². The summed E-state index contributed by atoms with van der Waals surface area (Å²) in [5, 5.41) is 0. The van der Waals surface area contributed by atoms with E-state index in [-0.39, 0.29) is 0 Å². The van der Waals surface area contributed by atoms with Gasteiger partial charge >= 0.3 is 164 Å². The second kappa shape index (κ2) is 7.85. The third kappa shape index (κ3) is 3.09. The van der Waals surface area contributed by atoms with Crippen molar-refractivity contribution in [1.82, 2.24) is 0 Å². The SMILES string of the molecule is COc1cccc[c]1[Ge]([c]1ccccc1)([c]1ccccc1)[c]1ccccc1. The van der Waals surface area contributed by atoms with Gasteiger partial charge in [-0.2, -0.15) is 0 Å². The molecule has 4 aromatic rings. The van der Waals surface area contributed by atoms with Gasteiger partial charge in [0.15, 0.2) is 0 Å². The van der Waals surface area contributed by atoms with E-state index in [0.29, 0.717) is 0 Å². The van der Waals surface area contributed by atoms with Crippen LogP contribution in [0.5, 0.6) is 5.75 Å². The van der Waals surface area contributed by atoms with Gasteiger partial charge in [-0.1, -0.05) is 0 Å². The van der Waals surface area contributed by atoms with Crippen molar-refractivity contribution in [3.63, 3.8) is 0 Å². The fraction of sp³-hybridized carbons (Fsp3) is 0.0400. The zero-order chi connectivity index (χ0) is 18.5. The molecule has 0 spiro atoms. The first-order valence-electron chi connectivity index (χ1n) is 9.17. The van der Waals surface area contributed by atoms with Crippen LogP contribution >= 0.6 is 0 Å². The summed E-state index contributed by atoms with van der Waals surface area (Å²) in [6.45, 7) is 0. The summed E-state index contributed by atoms with van der Waals surface area (Å²) >= 11 is -3.20. The molecule has 0 unspecified atom stereocenters. The molecule has 0 saturated heterocycles. The average molecular weight is 411 g/mol. The van der Waals surface area contributed by atoms with Crippen LogP contribution in [0.2, 0.25) is 0 Å². The molecule has 4 rings (SSSR count). The normalized spacial score (nSPS) is 11.1. The van der Waals surface area contributed by atoms with Crippen LogP contribution in [0.15, 0.2) is 115 Å². The molecule has 0 aliphatic carbocycles. The van der Waals surface area contributed by atoms with Crippen molar-refractivity contribution in [3.8, 4) is 5.75 Å². The molecule has 0 aromatic heterocycles. The first kappa shape index (κ1) is 17.6. The summed E-state index contributed by atoms with van der Waals surface area (Å²) in [6, 6.07) is 41.4. The molecule has 0 aliphatic rings. The second-order valence-corrected chi connectivity index (χ2v) is 14.5. The molecule has 2 heteroatoms. The fourth-order valence-electron chi connectivity index (χ4n) is 3.99. The number of ether oxygens (including phenoxy) is 1. The van der Waals surface area contributed by atoms with Gasteiger partial charge in [0, 0.05) is 0 Å². The van der Waals surface area contributed by atoms with Crippen LogP contribution in [0.1, 0.15) is 0 Å². The van der Waals surface area contributed by atoms with Gasteiger partial charge in [-0.15, -0.1) is 0 Å². The Bertz CT molecular complexity index is 901. The third-order valence-electron chi connectivity index (χ3n) is 5.13. The molecule has 4 aromatic carbocycles. The van der Waals surface area contributed by atoms with E-state index >= 15 is 0 Å². The molecule has 0 heterocycles. The topological polar surface area (TPSA) is 9.23 Å². The summed E-state index contributed by atoms with van der Waals surface area (Å²) in [6.07, 6.45) is 0. The average Bonchev–Trinajstić information content (AvgIpc) is 2.77. The molecule has 0 atom stereocenters. The monoisotopic (exact) mass is 412 g/mol. The van der Waals surface area contributed by atoms with Crippen molar-refractivity contribution in [3.05, 3.63) is 115 Å². The predicted molar refractivity (Wildman–Crippen MR) is 117 cm³/mol. The Labute approximate surface area is 163 Å². The molecule has 0 saturated carbocycles. The quantitative estimate of drug-likeness (QED) is 0.459. The van der Waals surface area contributed by atoms with Crippen LogP contribution in [-0.2, 0) is 0 Å². The summed E-state index contributed by atoms with van der Waals surface area (Å²) in [5.41, 5.74) is 0. The molecular formula is C25H22GeO. The Hall–Kier alpha value is -2.78. The van der Waals surface area contributed by atoms with E-state index in [1.54, 1.807) is 7.11 Å². The molecule has 132 valence electrons. The maximum absolute atomic E-state index is 5.86. The Morgan fingerprint density at radius 3 is 1.26 bits per heavy atom. The van der Waals surface area contributed by atoms with Gasteiger partial charge in [-0.05, 0) is 0 Å². The first-order chi connectivity index (χ1) is 13.4. The Morgan fingerprint density at radius 2 is 0.852 bits per heavy atom. The standard InChI is InChI=1S/C25H22GeO/c1-27-25-20-12-11-19-24(25)26(21-13-5-2-6-14-21,22-15-7-3-8-16-22)23-17-9-4-10-18-23/h2-20H,1H3. The molecule has 0 fully saturated rings. The number of rotatable bonds is 5. The molecule has 0 amide bonds. The molecule has 0 aliphatic heterocycles. The van der Waals surface area contributed by atoms with Crippen molar-refractivity contribution < 1.29 is 4.74 Å². The van der Waals surface area contributed by atoms with Gasteiger partial charge in [-0.3, -0.25) is 0 Å². The Balaban J connectivity index is 2.17. The minimum atomic E-state index is -3.20. The van der Waals surface area contributed by atoms with Crippen LogP contribution < -0.4 is 22.3 Å². The van der Waals surface area contributed by atoms with Crippen molar-refractivity contribution in [2.45, 2.75) is 0 Å². The molecule has 0 N–H and O–H groups in total. The van der Waals surface area contributed by atoms with Crippen molar-refractivity contribution >= 4 is 30.8 Å². The van der Waals surface area contributed by atoms with Gasteiger partial charge in [0.2, 0.25) is 0 Å². The van der Waals surface area contributed by atoms with Crippen molar-refractivity contribution in [2.24, 2.45) is 0 Å². The zero-order valence-corrected chi connectivity index (χ0v) is 17.5. The van der Waals surface area contributed by atoms with Gasteiger partial charge < -0.3 is 0 Å². The van der Waals surface area contributed by atoms with E-state index < -0.39 is 13.3 Å². The van der Waals surface area contributed by atoms with Crippen LogP contribution in [0, 0.1) is 0 Å². The number of hydrogen-bond donors (Lipinski definition) is 0. The number of benzene rings is 4. The molecule has 27 heavy (non-hydrogen) atoms. The molecule has 0 bridgehead atoms. The summed E-state index contributed by atoms with van der Waals surface area (Å²) < 4.78 is 11.4. The van der Waals surface area contributed by atoms with Crippen LogP contribution in [0.4, 0.5) is 0 Å². The predicted octanol–water partition coefficient (Wildman–Crippen LogP) is 3.07. The van der Waals surface area contributed by atoms with Crippen LogP contribution in [-0.4, -0.2) is 20.4 Å². The first-order valence-corrected chi connectivity index (χ1v) is 13.4. The van der Waals surface area contributed by atoms with E-state index in [0.717, 1.165) is 5.75 Å². The van der Waals surface area contributed by atoms with Gasteiger partial charge in [0.1, 0.15) is 0 Å². The summed E-state index contributed by atoms with van der Waals surface area (Å²) in [7, 11) is 1.77.